The van der Waals surface area contributed by atoms with E-state index in [4.69, 9.17) is 0 Å². The fourth-order valence-corrected chi connectivity index (χ4v) is 18.2. The molecule has 236 valence electrons. The predicted octanol–water partition coefficient (Wildman–Crippen LogP) is 8.84. The lowest BCUT2D eigenvalue weighted by Gasteiger charge is -2.43. The van der Waals surface area contributed by atoms with Crippen molar-refractivity contribution in [3.8, 4) is 0 Å². The van der Waals surface area contributed by atoms with Gasteiger partial charge in [-0.3, -0.25) is 0 Å². The normalized spacial score (nSPS) is 14.9. The fraction of sp³-hybridized carbons (Fsp3) is 0.133. The quantitative estimate of drug-likeness (QED) is 0.162. The Balaban J connectivity index is 1.71. The van der Waals surface area contributed by atoms with Crippen molar-refractivity contribution in [3.63, 3.8) is 0 Å². The van der Waals surface area contributed by atoms with Crippen molar-refractivity contribution in [1.82, 2.24) is 0 Å². The van der Waals surface area contributed by atoms with Gasteiger partial charge in [0.25, 0.3) is 0 Å². The first-order chi connectivity index (χ1) is 23.3. The number of nitrogens with zero attached hydrogens (tertiary/aromatic N) is 1. The van der Waals surface area contributed by atoms with Gasteiger partial charge in [-0.2, -0.15) is 0 Å². The molecule has 48 heavy (non-hydrogen) atoms. The number of benzene rings is 6. The highest BCUT2D eigenvalue weighted by Gasteiger charge is 2.40. The number of allylic oxidation sites excluding steroid dienone is 1. The summed E-state index contributed by atoms with van der Waals surface area (Å²) in [6.45, 7) is 13.2. The molecule has 0 bridgehead atoms. The average Bonchev–Trinajstić information content (AvgIpc) is 3.10. The van der Waals surface area contributed by atoms with Crippen LogP contribution in [-0.2, 0) is 0 Å². The molecule has 1 nitrogen and oxygen atoms in total. The molecular formula is C45H43NSi2. The Morgan fingerprint density at radius 2 is 0.771 bits per heavy atom. The summed E-state index contributed by atoms with van der Waals surface area (Å²) in [5.74, 6) is 0. The standard InChI is InChI=1S/C45H43NSi2/c1-31-7-19-37(20-8-31)43-44(38-21-9-32(2)10-22-38)46(40-25-13-34(4)14-26-40)48(42-29-17-36(6)18-30-42)47(41-27-15-35(5)16-28-41)45(43)39-23-11-33(3)12-24-39/h7-30,48H,1-6H3. The van der Waals surface area contributed by atoms with Gasteiger partial charge in [0.15, 0.2) is 8.48 Å². The smallest absolute Gasteiger partial charge is 0.189 e. The number of hydrogen-bond acceptors (Lipinski definition) is 1. The minimum Gasteiger partial charge on any atom is -0.366 e. The highest BCUT2D eigenvalue weighted by Crippen LogP contribution is 2.40. The Bertz CT molecular complexity index is 1960. The summed E-state index contributed by atoms with van der Waals surface area (Å²) in [6, 6.07) is 56.1. The summed E-state index contributed by atoms with van der Waals surface area (Å²) in [4.78, 5) is 0. The van der Waals surface area contributed by atoms with Crippen LogP contribution >= 0.6 is 0 Å². The Morgan fingerprint density at radius 1 is 0.396 bits per heavy atom. The van der Waals surface area contributed by atoms with Gasteiger partial charge in [0.05, 0.1) is 7.93 Å². The van der Waals surface area contributed by atoms with E-state index in [0.29, 0.717) is 0 Å². The fourth-order valence-electron chi connectivity index (χ4n) is 6.87. The summed E-state index contributed by atoms with van der Waals surface area (Å²) in [5.41, 5.74) is 15.5. The monoisotopic (exact) mass is 653 g/mol. The van der Waals surface area contributed by atoms with Crippen LogP contribution in [0.3, 0.4) is 0 Å². The zero-order valence-electron chi connectivity index (χ0n) is 28.9. The highest BCUT2D eigenvalue weighted by atomic mass is 29.2. The molecule has 0 aromatic heterocycles. The summed E-state index contributed by atoms with van der Waals surface area (Å²) in [7, 11) is -3.41. The molecule has 0 saturated heterocycles. The molecule has 0 saturated carbocycles. The maximum Gasteiger partial charge on any atom is 0.189 e. The van der Waals surface area contributed by atoms with Crippen LogP contribution in [0, 0.1) is 41.5 Å². The van der Waals surface area contributed by atoms with E-state index >= 15 is 0 Å². The summed E-state index contributed by atoms with van der Waals surface area (Å²) in [6.07, 6.45) is 0. The first kappa shape index (κ1) is 31.7. The lowest BCUT2D eigenvalue weighted by molar-refractivity contribution is 1.36. The molecule has 0 radical (unpaired) electrons. The zero-order valence-corrected chi connectivity index (χ0v) is 31.0. The molecule has 3 heteroatoms. The zero-order chi connectivity index (χ0) is 33.4. The molecule has 1 heterocycles. The van der Waals surface area contributed by atoms with Crippen LogP contribution < -0.4 is 14.9 Å². The minimum atomic E-state index is -2.03. The third kappa shape index (κ3) is 6.24. The van der Waals surface area contributed by atoms with Gasteiger partial charge in [0.2, 0.25) is 0 Å². The van der Waals surface area contributed by atoms with E-state index in [2.05, 4.69) is 192 Å². The summed E-state index contributed by atoms with van der Waals surface area (Å²) >= 11 is 0. The topological polar surface area (TPSA) is 3.24 Å². The van der Waals surface area contributed by atoms with Crippen molar-refractivity contribution in [2.45, 2.75) is 41.5 Å². The maximum absolute atomic E-state index is 2.83. The van der Waals surface area contributed by atoms with Crippen LogP contribution in [0.2, 0.25) is 0 Å². The van der Waals surface area contributed by atoms with Crippen molar-refractivity contribution in [2.75, 3.05) is 4.57 Å². The van der Waals surface area contributed by atoms with E-state index in [1.165, 1.54) is 82.6 Å². The molecule has 0 aliphatic carbocycles. The number of hydrogen-bond donors (Lipinski definition) is 0. The van der Waals surface area contributed by atoms with Crippen LogP contribution in [0.15, 0.2) is 146 Å². The number of rotatable bonds is 6. The van der Waals surface area contributed by atoms with Gasteiger partial charge in [-0.15, -0.1) is 0 Å². The summed E-state index contributed by atoms with van der Waals surface area (Å²) < 4.78 is 2.83. The molecule has 1 aliphatic rings. The lowest BCUT2D eigenvalue weighted by atomic mass is 9.92. The average molecular weight is 654 g/mol. The third-order valence-corrected chi connectivity index (χ3v) is 19.6. The van der Waals surface area contributed by atoms with Crippen molar-refractivity contribution in [1.29, 1.82) is 0 Å². The van der Waals surface area contributed by atoms with Crippen molar-refractivity contribution >= 4 is 48.9 Å². The van der Waals surface area contributed by atoms with E-state index in [9.17, 15) is 0 Å². The lowest BCUT2D eigenvalue weighted by Crippen LogP contribution is -2.63. The van der Waals surface area contributed by atoms with Gasteiger partial charge in [-0.1, -0.05) is 167 Å². The predicted molar refractivity (Wildman–Crippen MR) is 213 cm³/mol. The number of anilines is 1. The molecule has 0 N–H and O–H groups in total. The second-order valence-electron chi connectivity index (χ2n) is 13.5. The molecule has 1 aliphatic heterocycles. The molecule has 0 spiro atoms. The van der Waals surface area contributed by atoms with Gasteiger partial charge in [0.1, 0.15) is 0 Å². The number of aryl methyl sites for hydroxylation is 6. The summed E-state index contributed by atoms with van der Waals surface area (Å²) in [5, 5.41) is 4.47. The molecule has 6 aromatic rings. The van der Waals surface area contributed by atoms with Crippen LogP contribution in [0.4, 0.5) is 5.69 Å². The van der Waals surface area contributed by atoms with Crippen molar-refractivity contribution in [3.05, 3.63) is 196 Å². The largest absolute Gasteiger partial charge is 0.366 e. The SMILES string of the molecule is Cc1ccc(C2=C(c3ccc(C)cc3)N(c3ccc(C)cc3)[SiH](c3ccc(C)cc3)[Si](c3ccc(C)cc3)=C2c2ccc(C)cc2)cc1. The molecule has 0 fully saturated rings. The Morgan fingerprint density at radius 3 is 1.25 bits per heavy atom. The van der Waals surface area contributed by atoms with E-state index in [0.717, 1.165) is 0 Å². The molecule has 0 amide bonds. The minimum absolute atomic E-state index is 1.26. The van der Waals surface area contributed by atoms with Crippen LogP contribution in [0.25, 0.3) is 11.3 Å². The van der Waals surface area contributed by atoms with Crippen molar-refractivity contribution in [2.24, 2.45) is 0 Å². The van der Waals surface area contributed by atoms with E-state index < -0.39 is 16.4 Å². The Kier molecular flexibility index (Phi) is 8.83. The van der Waals surface area contributed by atoms with Crippen LogP contribution in [0.1, 0.15) is 50.1 Å². The third-order valence-electron chi connectivity index (χ3n) is 9.60. The second-order valence-corrected chi connectivity index (χ2v) is 20.8. The molecule has 7 rings (SSSR count). The van der Waals surface area contributed by atoms with Gasteiger partial charge in [-0.05, 0) is 85.9 Å². The van der Waals surface area contributed by atoms with E-state index in [1.807, 2.05) is 0 Å². The second kappa shape index (κ2) is 13.3. The van der Waals surface area contributed by atoms with Gasteiger partial charge >= 0.3 is 0 Å². The van der Waals surface area contributed by atoms with Crippen LogP contribution in [-0.4, -0.2) is 21.6 Å². The Labute approximate surface area is 289 Å². The molecule has 1 atom stereocenters. The van der Waals surface area contributed by atoms with Crippen LogP contribution in [0.5, 0.6) is 0 Å². The first-order valence-electron chi connectivity index (χ1n) is 17.0. The molecule has 6 aromatic carbocycles. The van der Waals surface area contributed by atoms with E-state index in [1.54, 1.807) is 0 Å². The van der Waals surface area contributed by atoms with Gasteiger partial charge < -0.3 is 4.57 Å². The highest BCUT2D eigenvalue weighted by molar-refractivity contribution is 7.38. The molecule has 1 unspecified atom stereocenters. The Hall–Kier alpha value is -4.84. The van der Waals surface area contributed by atoms with Crippen molar-refractivity contribution < 1.29 is 0 Å². The maximum atomic E-state index is 2.83. The molecular weight excluding hydrogens is 611 g/mol. The first-order valence-corrected chi connectivity index (χ1v) is 21.4. The van der Waals surface area contributed by atoms with E-state index in [-0.39, 0.29) is 0 Å². The van der Waals surface area contributed by atoms with Gasteiger partial charge in [0, 0.05) is 17.0 Å². The van der Waals surface area contributed by atoms with Gasteiger partial charge in [-0.25, -0.2) is 0 Å².